The Bertz CT molecular complexity index is 2450. The SMILES string of the molecule is COc1ccc2c(O[C@@H]3C[C@H]4C(=O)C[C@]5(P(=O)(O)Cc6c(F)cccc6F)C[C@H]5CCCCCCC[C@H](NC(=O)OC5CCCC5)C(=O)N4C3)cc(-c3csc(NC(C)C)n3)nc2c1Cl. The Kier molecular flexibility index (Phi) is 14.4. The van der Waals surface area contributed by atoms with Crippen LogP contribution in [0.5, 0.6) is 11.5 Å². The first-order valence-electron chi connectivity index (χ1n) is 22.8. The summed E-state index contributed by atoms with van der Waals surface area (Å²) in [7, 11) is -2.94. The minimum atomic E-state index is -4.45. The first-order chi connectivity index (χ1) is 31.2. The third kappa shape index (κ3) is 10.3. The minimum Gasteiger partial charge on any atom is -0.495 e. The van der Waals surface area contributed by atoms with Gasteiger partial charge in [0.25, 0.3) is 0 Å². The highest BCUT2D eigenvalue weighted by atomic mass is 35.5. The van der Waals surface area contributed by atoms with Crippen LogP contribution in [0.25, 0.3) is 22.3 Å². The molecule has 4 fully saturated rings. The molecule has 2 amide bonds. The summed E-state index contributed by atoms with van der Waals surface area (Å²) >= 11 is 8.30. The number of ketones is 1. The molecule has 13 nitrogen and oxygen atoms in total. The Morgan fingerprint density at radius 1 is 0.985 bits per heavy atom. The first-order valence-corrected chi connectivity index (χ1v) is 25.9. The molecular weight excluding hydrogens is 899 g/mol. The van der Waals surface area contributed by atoms with E-state index in [4.69, 9.17) is 35.8 Å². The van der Waals surface area contributed by atoms with E-state index in [0.717, 1.165) is 63.5 Å². The molecule has 4 aromatic rings. The highest BCUT2D eigenvalue weighted by molar-refractivity contribution is 7.59. The lowest BCUT2D eigenvalue weighted by Crippen LogP contribution is -2.52. The summed E-state index contributed by atoms with van der Waals surface area (Å²) in [6.45, 7) is 3.97. The maximum atomic E-state index is 15.0. The van der Waals surface area contributed by atoms with E-state index in [9.17, 15) is 32.6 Å². The van der Waals surface area contributed by atoms with Crippen molar-refractivity contribution in [2.45, 2.75) is 145 Å². The molecule has 1 unspecified atom stereocenters. The topological polar surface area (TPSA) is 169 Å². The fourth-order valence-electron chi connectivity index (χ4n) is 9.95. The molecule has 2 aliphatic carbocycles. The maximum absolute atomic E-state index is 15.0. The summed E-state index contributed by atoms with van der Waals surface area (Å²) in [6, 6.07) is 6.53. The number of rotatable bonds is 11. The summed E-state index contributed by atoms with van der Waals surface area (Å²) in [4.78, 5) is 66.2. The summed E-state index contributed by atoms with van der Waals surface area (Å²) in [5.41, 5.74) is 0.937. The van der Waals surface area contributed by atoms with Crippen LogP contribution in [0, 0.1) is 17.6 Å². The highest BCUT2D eigenvalue weighted by Gasteiger charge is 2.66. The molecule has 2 aromatic heterocycles. The molecule has 2 aromatic carbocycles. The maximum Gasteiger partial charge on any atom is 0.408 e. The third-order valence-corrected chi connectivity index (χ3v) is 17.5. The Morgan fingerprint density at radius 3 is 2.42 bits per heavy atom. The fourth-order valence-corrected chi connectivity index (χ4v) is 13.7. The zero-order valence-electron chi connectivity index (χ0n) is 37.0. The second kappa shape index (κ2) is 19.8. The van der Waals surface area contributed by atoms with Crippen molar-refractivity contribution in [3.05, 3.63) is 64.0 Å². The number of anilines is 1. The number of hydrogen-bond donors (Lipinski definition) is 3. The second-order valence-corrected chi connectivity index (χ2v) is 22.2. The van der Waals surface area contributed by atoms with Crippen molar-refractivity contribution < 1.29 is 46.8 Å². The Labute approximate surface area is 386 Å². The van der Waals surface area contributed by atoms with Gasteiger partial charge in [0.1, 0.15) is 52.1 Å². The van der Waals surface area contributed by atoms with E-state index in [-0.39, 0.29) is 48.9 Å². The second-order valence-electron chi connectivity index (χ2n) is 18.4. The Hall–Kier alpha value is -4.37. The summed E-state index contributed by atoms with van der Waals surface area (Å²) in [5, 5.41) is 8.09. The number of nitrogens with zero attached hydrogens (tertiary/aromatic N) is 3. The first kappa shape index (κ1) is 47.1. The number of methoxy groups -OCH3 is 1. The largest absolute Gasteiger partial charge is 0.495 e. The standard InChI is InChI=1S/C47H57ClF2N5O8PS/c1-27(2)51-45-53-37(26-65-45)36-21-41(31-18-19-40(61-3)42(48)43(31)52-36)62-30-20-38-39(56)23-47(64(59,60)25-32-33(49)15-11-16-34(32)50)22-28(47)12-7-5-4-6-8-17-35(44(57)55(38)24-30)54-46(58)63-29-13-9-10-14-29/h11,15-16,18-19,21,26-30,35,38H,4-10,12-14,17,20,22-25H2,1-3H3,(H,51,53)(H,54,58)(H,59,60)/t28-,30-,35+,38+,47-/m1/s1. The predicted molar refractivity (Wildman–Crippen MR) is 246 cm³/mol. The molecule has 65 heavy (non-hydrogen) atoms. The zero-order chi connectivity index (χ0) is 46.0. The number of benzene rings is 2. The smallest absolute Gasteiger partial charge is 0.408 e. The minimum absolute atomic E-state index is 0.0183. The molecule has 3 N–H and O–H groups in total. The van der Waals surface area contributed by atoms with Gasteiger partial charge in [-0.15, -0.1) is 11.3 Å². The number of nitrogens with one attached hydrogen (secondary N) is 2. The van der Waals surface area contributed by atoms with E-state index >= 15 is 0 Å². The van der Waals surface area contributed by atoms with Crippen molar-refractivity contribution in [3.8, 4) is 22.9 Å². The molecule has 0 radical (unpaired) electrons. The third-order valence-electron chi connectivity index (χ3n) is 13.5. The van der Waals surface area contributed by atoms with Gasteiger partial charge in [0.2, 0.25) is 13.3 Å². The zero-order valence-corrected chi connectivity index (χ0v) is 39.4. The van der Waals surface area contributed by atoms with E-state index in [2.05, 4.69) is 10.6 Å². The van der Waals surface area contributed by atoms with Gasteiger partial charge in [-0.05, 0) is 89.0 Å². The van der Waals surface area contributed by atoms with E-state index in [1.807, 2.05) is 19.2 Å². The van der Waals surface area contributed by atoms with Crippen LogP contribution in [0.2, 0.25) is 5.02 Å². The quantitative estimate of drug-likeness (QED) is 0.122. The molecule has 4 heterocycles. The van der Waals surface area contributed by atoms with Gasteiger partial charge in [0, 0.05) is 41.3 Å². The van der Waals surface area contributed by atoms with Gasteiger partial charge >= 0.3 is 6.09 Å². The number of pyridine rings is 1. The van der Waals surface area contributed by atoms with Gasteiger partial charge in [0.15, 0.2) is 10.9 Å². The molecule has 4 aliphatic rings. The van der Waals surface area contributed by atoms with Crippen molar-refractivity contribution in [3.63, 3.8) is 0 Å². The van der Waals surface area contributed by atoms with Crippen LogP contribution in [0.15, 0.2) is 41.8 Å². The normalized spacial score (nSPS) is 25.3. The molecule has 2 aliphatic heterocycles. The van der Waals surface area contributed by atoms with Crippen LogP contribution in [0.4, 0.5) is 18.7 Å². The molecule has 0 spiro atoms. The number of halogens is 3. The van der Waals surface area contributed by atoms with Crippen LogP contribution < -0.4 is 20.1 Å². The van der Waals surface area contributed by atoms with Crippen molar-refractivity contribution in [2.24, 2.45) is 5.92 Å². The van der Waals surface area contributed by atoms with Gasteiger partial charge in [0.05, 0.1) is 42.2 Å². The molecule has 2 saturated carbocycles. The Balaban J connectivity index is 1.14. The summed E-state index contributed by atoms with van der Waals surface area (Å²) in [6.07, 6.45) is 5.49. The average molecular weight is 956 g/mol. The number of carbonyl (C=O) groups is 3. The highest BCUT2D eigenvalue weighted by Crippen LogP contribution is 2.75. The van der Waals surface area contributed by atoms with Gasteiger partial charge in [-0.1, -0.05) is 49.8 Å². The number of fused-ring (bicyclic) bond motifs is 3. The van der Waals surface area contributed by atoms with Gasteiger partial charge in [-0.2, -0.15) is 0 Å². The van der Waals surface area contributed by atoms with Crippen molar-refractivity contribution >= 4 is 64.1 Å². The number of amides is 2. The number of thiazole rings is 1. The van der Waals surface area contributed by atoms with Crippen LogP contribution >= 0.6 is 30.3 Å². The molecule has 6 atom stereocenters. The molecular formula is C47H57ClF2N5O8PS. The molecule has 2 saturated heterocycles. The van der Waals surface area contributed by atoms with E-state index in [1.165, 1.54) is 29.4 Å². The van der Waals surface area contributed by atoms with E-state index in [1.54, 1.807) is 18.2 Å². The van der Waals surface area contributed by atoms with Crippen LogP contribution in [0.3, 0.4) is 0 Å². The lowest BCUT2D eigenvalue weighted by molar-refractivity contribution is -0.139. The molecule has 350 valence electrons. The van der Waals surface area contributed by atoms with Gasteiger partial charge in [-0.25, -0.2) is 23.5 Å². The van der Waals surface area contributed by atoms with E-state index < -0.39 is 71.9 Å². The van der Waals surface area contributed by atoms with Crippen molar-refractivity contribution in [1.29, 1.82) is 0 Å². The fraction of sp³-hybridized carbons (Fsp3) is 0.553. The van der Waals surface area contributed by atoms with Crippen molar-refractivity contribution in [2.75, 3.05) is 19.0 Å². The monoisotopic (exact) mass is 955 g/mol. The average Bonchev–Trinajstić information content (AvgIpc) is 3.68. The number of alkyl carbamates (subject to hydrolysis) is 1. The molecule has 0 bridgehead atoms. The number of Topliss-reactive ketones (excluding diaryl/α,β-unsaturated/α-hetero) is 1. The van der Waals surface area contributed by atoms with Crippen LogP contribution in [-0.2, 0) is 25.1 Å². The van der Waals surface area contributed by atoms with Crippen LogP contribution in [0.1, 0.15) is 109 Å². The molecule has 8 rings (SSSR count). The number of ether oxygens (including phenoxy) is 3. The summed E-state index contributed by atoms with van der Waals surface area (Å²) in [5.74, 6) is -2.37. The number of hydrogen-bond acceptors (Lipinski definition) is 11. The lowest BCUT2D eigenvalue weighted by atomic mass is 10.0. The summed E-state index contributed by atoms with van der Waals surface area (Å²) < 4.78 is 62.6. The predicted octanol–water partition coefficient (Wildman–Crippen LogP) is 10.4. The van der Waals surface area contributed by atoms with Crippen LogP contribution in [-0.4, -0.2) is 86.7 Å². The Morgan fingerprint density at radius 2 is 1.69 bits per heavy atom. The van der Waals surface area contributed by atoms with Crippen molar-refractivity contribution in [1.82, 2.24) is 20.2 Å². The lowest BCUT2D eigenvalue weighted by Gasteiger charge is -2.30. The molecule has 18 heteroatoms. The van der Waals surface area contributed by atoms with Gasteiger partial charge in [-0.3, -0.25) is 14.2 Å². The van der Waals surface area contributed by atoms with E-state index in [0.29, 0.717) is 58.2 Å². The van der Waals surface area contributed by atoms with Gasteiger partial charge < -0.3 is 34.6 Å². The number of carbonyl (C=O) groups excluding carboxylic acids is 3. The number of aromatic nitrogens is 2.